The average Bonchev–Trinajstić information content (AvgIpc) is 2.41. The van der Waals surface area contributed by atoms with Crippen LogP contribution in [0.3, 0.4) is 0 Å². The van der Waals surface area contributed by atoms with Gasteiger partial charge in [0.05, 0.1) is 0 Å². The van der Waals surface area contributed by atoms with Crippen LogP contribution in [0.5, 0.6) is 0 Å². The van der Waals surface area contributed by atoms with Crippen LogP contribution in [-0.2, 0) is 0 Å². The van der Waals surface area contributed by atoms with Crippen LogP contribution in [-0.4, -0.2) is 37.3 Å². The zero-order chi connectivity index (χ0) is 14.6. The van der Waals surface area contributed by atoms with Crippen LogP contribution >= 0.6 is 36.4 Å². The van der Waals surface area contributed by atoms with Crippen molar-refractivity contribution < 1.29 is 13.2 Å². The van der Waals surface area contributed by atoms with Gasteiger partial charge in [-0.2, -0.15) is 13.2 Å². The third-order valence-electron chi connectivity index (χ3n) is 3.55. The molecule has 1 fully saturated rings. The summed E-state index contributed by atoms with van der Waals surface area (Å²) in [5, 5.41) is 3.82. The molecule has 0 unspecified atom stereocenters. The summed E-state index contributed by atoms with van der Waals surface area (Å²) in [5.74, 6) is 0. The Kier molecular flexibility index (Phi) is 9.74. The molecule has 0 spiro atoms. The van der Waals surface area contributed by atoms with Gasteiger partial charge >= 0.3 is 6.18 Å². The minimum Gasteiger partial charge on any atom is -0.314 e. The molecular formula is C14H20Cl3F3N2. The van der Waals surface area contributed by atoms with Crippen molar-refractivity contribution >= 4 is 36.4 Å². The molecule has 0 bridgehead atoms. The molecule has 0 saturated carbocycles. The summed E-state index contributed by atoms with van der Waals surface area (Å²) in [6, 6.07) is 6.92. The SMILES string of the molecule is Cl.Cl.FC(F)(F)CC[C@H](c1ccc(Cl)cc1)N1CCNCC1. The van der Waals surface area contributed by atoms with Crippen molar-refractivity contribution in [2.75, 3.05) is 26.2 Å². The quantitative estimate of drug-likeness (QED) is 0.830. The van der Waals surface area contributed by atoms with E-state index in [1.165, 1.54) is 0 Å². The van der Waals surface area contributed by atoms with Crippen molar-refractivity contribution in [1.29, 1.82) is 0 Å². The molecule has 1 aromatic rings. The molecule has 22 heavy (non-hydrogen) atoms. The summed E-state index contributed by atoms with van der Waals surface area (Å²) >= 11 is 5.85. The highest BCUT2D eigenvalue weighted by Gasteiger charge is 2.31. The average molecular weight is 380 g/mol. The predicted molar refractivity (Wildman–Crippen MR) is 88.4 cm³/mol. The van der Waals surface area contributed by atoms with E-state index in [1.807, 2.05) is 12.1 Å². The molecule has 1 aromatic carbocycles. The molecule has 8 heteroatoms. The molecule has 1 saturated heterocycles. The Morgan fingerprint density at radius 2 is 1.64 bits per heavy atom. The largest absolute Gasteiger partial charge is 0.389 e. The van der Waals surface area contributed by atoms with E-state index >= 15 is 0 Å². The Hall–Kier alpha value is -0.200. The number of piperazine rings is 1. The second kappa shape index (κ2) is 9.83. The number of benzene rings is 1. The lowest BCUT2D eigenvalue weighted by Gasteiger charge is -2.35. The van der Waals surface area contributed by atoms with Crippen molar-refractivity contribution in [2.45, 2.75) is 25.1 Å². The van der Waals surface area contributed by atoms with Crippen LogP contribution in [0.1, 0.15) is 24.4 Å². The lowest BCUT2D eigenvalue weighted by molar-refractivity contribution is -0.138. The summed E-state index contributed by atoms with van der Waals surface area (Å²) in [4.78, 5) is 2.12. The van der Waals surface area contributed by atoms with Gasteiger partial charge in [0.25, 0.3) is 0 Å². The van der Waals surface area contributed by atoms with Gasteiger partial charge in [-0.3, -0.25) is 4.90 Å². The number of hydrogen-bond donors (Lipinski definition) is 1. The Labute approximate surface area is 146 Å². The highest BCUT2D eigenvalue weighted by Crippen LogP contribution is 2.32. The first-order valence-electron chi connectivity index (χ1n) is 6.73. The fourth-order valence-corrected chi connectivity index (χ4v) is 2.67. The Balaban J connectivity index is 0.00000220. The summed E-state index contributed by atoms with van der Waals surface area (Å²) < 4.78 is 37.5. The highest BCUT2D eigenvalue weighted by molar-refractivity contribution is 6.30. The molecule has 0 aliphatic carbocycles. The van der Waals surface area contributed by atoms with Gasteiger partial charge in [-0.15, -0.1) is 24.8 Å². The van der Waals surface area contributed by atoms with Crippen molar-refractivity contribution in [3.8, 4) is 0 Å². The van der Waals surface area contributed by atoms with Gasteiger partial charge in [0.15, 0.2) is 0 Å². The number of nitrogens with zero attached hydrogens (tertiary/aromatic N) is 1. The van der Waals surface area contributed by atoms with E-state index in [0.717, 1.165) is 31.7 Å². The zero-order valence-corrected chi connectivity index (χ0v) is 14.3. The van der Waals surface area contributed by atoms with Crippen molar-refractivity contribution in [3.05, 3.63) is 34.9 Å². The molecule has 0 radical (unpaired) electrons. The molecular weight excluding hydrogens is 360 g/mol. The molecule has 1 heterocycles. The number of halogens is 6. The predicted octanol–water partition coefficient (Wildman–Crippen LogP) is 4.47. The van der Waals surface area contributed by atoms with E-state index in [4.69, 9.17) is 11.6 Å². The first-order valence-corrected chi connectivity index (χ1v) is 7.10. The molecule has 0 aromatic heterocycles. The summed E-state index contributed by atoms with van der Waals surface area (Å²) in [5.41, 5.74) is 0.903. The second-order valence-corrected chi connectivity index (χ2v) is 5.44. The van der Waals surface area contributed by atoms with Crippen LogP contribution < -0.4 is 5.32 Å². The number of rotatable bonds is 4. The fourth-order valence-electron chi connectivity index (χ4n) is 2.54. The topological polar surface area (TPSA) is 15.3 Å². The Morgan fingerprint density at radius 1 is 1.09 bits per heavy atom. The third-order valence-corrected chi connectivity index (χ3v) is 3.80. The first-order chi connectivity index (χ1) is 9.46. The summed E-state index contributed by atoms with van der Waals surface area (Å²) in [7, 11) is 0. The maximum absolute atomic E-state index is 12.5. The molecule has 1 aliphatic heterocycles. The van der Waals surface area contributed by atoms with Gasteiger partial charge in [-0.25, -0.2) is 0 Å². The minimum atomic E-state index is -4.11. The number of alkyl halides is 3. The molecule has 1 aliphatic rings. The molecule has 128 valence electrons. The van der Waals surface area contributed by atoms with Gasteiger partial charge in [-0.05, 0) is 24.1 Å². The third kappa shape index (κ3) is 6.92. The lowest BCUT2D eigenvalue weighted by atomic mass is 9.99. The molecule has 0 amide bonds. The van der Waals surface area contributed by atoms with Gasteiger partial charge in [0.1, 0.15) is 0 Å². The molecule has 2 nitrogen and oxygen atoms in total. The Bertz CT molecular complexity index is 420. The van der Waals surface area contributed by atoms with Crippen molar-refractivity contribution in [2.24, 2.45) is 0 Å². The molecule has 1 N–H and O–H groups in total. The van der Waals surface area contributed by atoms with Crippen LogP contribution in [0.4, 0.5) is 13.2 Å². The first kappa shape index (κ1) is 21.8. The van der Waals surface area contributed by atoms with Crippen LogP contribution in [0.15, 0.2) is 24.3 Å². The fraction of sp³-hybridized carbons (Fsp3) is 0.571. The van der Waals surface area contributed by atoms with E-state index in [2.05, 4.69) is 10.2 Å². The van der Waals surface area contributed by atoms with Crippen LogP contribution in [0.2, 0.25) is 5.02 Å². The van der Waals surface area contributed by atoms with E-state index in [0.29, 0.717) is 5.02 Å². The monoisotopic (exact) mass is 378 g/mol. The van der Waals surface area contributed by atoms with Crippen LogP contribution in [0, 0.1) is 0 Å². The summed E-state index contributed by atoms with van der Waals surface area (Å²) in [6.45, 7) is 3.17. The zero-order valence-electron chi connectivity index (χ0n) is 11.9. The van der Waals surface area contributed by atoms with Crippen molar-refractivity contribution in [1.82, 2.24) is 10.2 Å². The minimum absolute atomic E-state index is 0. The lowest BCUT2D eigenvalue weighted by Crippen LogP contribution is -2.45. The maximum atomic E-state index is 12.5. The van der Waals surface area contributed by atoms with E-state index in [1.54, 1.807) is 12.1 Å². The van der Waals surface area contributed by atoms with E-state index < -0.39 is 12.6 Å². The van der Waals surface area contributed by atoms with Gasteiger partial charge in [0.2, 0.25) is 0 Å². The van der Waals surface area contributed by atoms with E-state index in [9.17, 15) is 13.2 Å². The summed E-state index contributed by atoms with van der Waals surface area (Å²) in [6.07, 6.45) is -4.78. The number of nitrogens with one attached hydrogen (secondary N) is 1. The second-order valence-electron chi connectivity index (χ2n) is 5.01. The van der Waals surface area contributed by atoms with Crippen molar-refractivity contribution in [3.63, 3.8) is 0 Å². The van der Waals surface area contributed by atoms with Crippen LogP contribution in [0.25, 0.3) is 0 Å². The highest BCUT2D eigenvalue weighted by atomic mass is 35.5. The van der Waals surface area contributed by atoms with Gasteiger partial charge in [-0.1, -0.05) is 23.7 Å². The van der Waals surface area contributed by atoms with Gasteiger partial charge < -0.3 is 5.32 Å². The van der Waals surface area contributed by atoms with E-state index in [-0.39, 0.29) is 37.3 Å². The van der Waals surface area contributed by atoms with Gasteiger partial charge in [0, 0.05) is 43.7 Å². The molecule has 2 rings (SSSR count). The number of hydrogen-bond acceptors (Lipinski definition) is 2. The maximum Gasteiger partial charge on any atom is 0.389 e. The Morgan fingerprint density at radius 3 is 2.14 bits per heavy atom. The normalized spacial score (nSPS) is 17.3. The smallest absolute Gasteiger partial charge is 0.314 e. The standard InChI is InChI=1S/C14H18ClF3N2.2ClH/c15-12-3-1-11(2-4-12)13(5-6-14(16,17)18)20-9-7-19-8-10-20;;/h1-4,13,19H,5-10H2;2*1H/t13-;;/m1../s1. The molecule has 1 atom stereocenters.